The van der Waals surface area contributed by atoms with Crippen LogP contribution in [0.5, 0.6) is 0 Å². The Balaban J connectivity index is 2.94. The van der Waals surface area contributed by atoms with Gasteiger partial charge in [0.05, 0.1) is 5.52 Å². The fourth-order valence-electron chi connectivity index (χ4n) is 1.84. The van der Waals surface area contributed by atoms with Gasteiger partial charge in [0.15, 0.2) is 0 Å². The number of alkyl halides is 3. The third-order valence-electron chi connectivity index (χ3n) is 2.91. The Bertz CT molecular complexity index is 632. The van der Waals surface area contributed by atoms with Crippen molar-refractivity contribution in [2.24, 2.45) is 0 Å². The maximum Gasteiger partial charge on any atom is 0.433 e. The molecule has 0 atom stereocenters. The number of halogens is 4. The maximum absolute atomic E-state index is 13.3. The van der Waals surface area contributed by atoms with E-state index in [2.05, 4.69) is 4.98 Å². The number of aryl methyl sites for hydroxylation is 1. The van der Waals surface area contributed by atoms with Crippen molar-refractivity contribution >= 4 is 16.6 Å². The van der Waals surface area contributed by atoms with E-state index < -0.39 is 17.7 Å². The van der Waals surface area contributed by atoms with E-state index in [0.29, 0.717) is 5.39 Å². The molecular formula is C12H10F4N2. The Labute approximate surface area is 100 Å². The summed E-state index contributed by atoms with van der Waals surface area (Å²) in [6, 6.07) is 2.51. The lowest BCUT2D eigenvalue weighted by Crippen LogP contribution is -2.13. The molecular weight excluding hydrogens is 248 g/mol. The predicted molar refractivity (Wildman–Crippen MR) is 60.6 cm³/mol. The molecule has 1 heterocycles. The Hall–Kier alpha value is -1.85. The number of fused-ring (bicyclic) bond motifs is 1. The molecule has 0 unspecified atom stereocenters. The Morgan fingerprint density at radius 2 is 1.72 bits per heavy atom. The van der Waals surface area contributed by atoms with Crippen molar-refractivity contribution in [2.45, 2.75) is 20.0 Å². The molecule has 0 fully saturated rings. The van der Waals surface area contributed by atoms with Crippen molar-refractivity contribution in [1.29, 1.82) is 0 Å². The molecule has 0 bridgehead atoms. The summed E-state index contributed by atoms with van der Waals surface area (Å²) in [5.41, 5.74) is 4.46. The van der Waals surface area contributed by atoms with Gasteiger partial charge >= 0.3 is 6.18 Å². The zero-order valence-electron chi connectivity index (χ0n) is 9.69. The second kappa shape index (κ2) is 3.83. The lowest BCUT2D eigenvalue weighted by Gasteiger charge is -2.14. The first kappa shape index (κ1) is 12.6. The zero-order chi connectivity index (χ0) is 13.7. The van der Waals surface area contributed by atoms with Gasteiger partial charge in [0.25, 0.3) is 0 Å². The van der Waals surface area contributed by atoms with Gasteiger partial charge in [-0.2, -0.15) is 13.2 Å². The zero-order valence-corrected chi connectivity index (χ0v) is 9.69. The van der Waals surface area contributed by atoms with E-state index >= 15 is 0 Å². The molecule has 6 heteroatoms. The molecule has 0 aliphatic carbocycles. The fourth-order valence-corrected chi connectivity index (χ4v) is 1.84. The molecule has 2 nitrogen and oxygen atoms in total. The van der Waals surface area contributed by atoms with Gasteiger partial charge < -0.3 is 5.73 Å². The number of anilines is 1. The number of nitrogen functional groups attached to an aromatic ring is 1. The fraction of sp³-hybridized carbons (Fsp3) is 0.250. The van der Waals surface area contributed by atoms with E-state index in [1.54, 1.807) is 0 Å². The molecule has 0 saturated carbocycles. The van der Waals surface area contributed by atoms with Crippen LogP contribution in [0.15, 0.2) is 12.1 Å². The molecule has 1 aromatic heterocycles. The van der Waals surface area contributed by atoms with Gasteiger partial charge in [-0.1, -0.05) is 0 Å². The summed E-state index contributed by atoms with van der Waals surface area (Å²) in [5.74, 6) is -0.605. The minimum absolute atomic E-state index is 0.0181. The minimum Gasteiger partial charge on any atom is -0.398 e. The van der Waals surface area contributed by atoms with Crippen LogP contribution < -0.4 is 5.73 Å². The molecule has 0 aliphatic rings. The number of rotatable bonds is 0. The Morgan fingerprint density at radius 3 is 2.28 bits per heavy atom. The second-order valence-electron chi connectivity index (χ2n) is 4.07. The molecule has 0 radical (unpaired) electrons. The summed E-state index contributed by atoms with van der Waals surface area (Å²) in [4.78, 5) is 3.52. The first-order valence-electron chi connectivity index (χ1n) is 5.15. The van der Waals surface area contributed by atoms with Crippen LogP contribution in [0.2, 0.25) is 0 Å². The highest BCUT2D eigenvalue weighted by Gasteiger charge is 2.36. The normalized spacial score (nSPS) is 12.1. The van der Waals surface area contributed by atoms with E-state index in [-0.39, 0.29) is 22.3 Å². The van der Waals surface area contributed by atoms with Gasteiger partial charge in [-0.3, -0.25) is 0 Å². The Morgan fingerprint density at radius 1 is 1.11 bits per heavy atom. The molecule has 0 saturated heterocycles. The molecule has 0 spiro atoms. The summed E-state index contributed by atoms with van der Waals surface area (Å²) >= 11 is 0. The number of hydrogen-bond acceptors (Lipinski definition) is 2. The molecule has 0 aliphatic heterocycles. The van der Waals surface area contributed by atoms with Gasteiger partial charge in [-0.05, 0) is 26.0 Å². The van der Waals surface area contributed by atoms with Gasteiger partial charge in [-0.25, -0.2) is 9.37 Å². The SMILES string of the molecule is Cc1c(C(F)(F)F)nc2c(C)c(F)ccc2c1N. The van der Waals surface area contributed by atoms with E-state index in [9.17, 15) is 17.6 Å². The van der Waals surface area contributed by atoms with Crippen molar-refractivity contribution in [3.8, 4) is 0 Å². The van der Waals surface area contributed by atoms with Gasteiger partial charge in [0.1, 0.15) is 11.5 Å². The smallest absolute Gasteiger partial charge is 0.398 e. The molecule has 0 amide bonds. The molecule has 2 aromatic rings. The summed E-state index contributed by atoms with van der Waals surface area (Å²) < 4.78 is 51.7. The van der Waals surface area contributed by atoms with Gasteiger partial charge in [0.2, 0.25) is 0 Å². The molecule has 2 rings (SSSR count). The van der Waals surface area contributed by atoms with Crippen molar-refractivity contribution in [2.75, 3.05) is 5.73 Å². The van der Waals surface area contributed by atoms with E-state index in [1.165, 1.54) is 26.0 Å². The topological polar surface area (TPSA) is 38.9 Å². The van der Waals surface area contributed by atoms with Crippen LogP contribution in [0, 0.1) is 19.7 Å². The summed E-state index contributed by atoms with van der Waals surface area (Å²) in [5, 5.41) is 0.333. The maximum atomic E-state index is 13.3. The Kier molecular flexibility index (Phi) is 2.68. The first-order valence-corrected chi connectivity index (χ1v) is 5.15. The quantitative estimate of drug-likeness (QED) is 0.733. The number of pyridine rings is 1. The van der Waals surface area contributed by atoms with Crippen molar-refractivity contribution in [1.82, 2.24) is 4.98 Å². The molecule has 18 heavy (non-hydrogen) atoms. The van der Waals surface area contributed by atoms with E-state index in [0.717, 1.165) is 0 Å². The van der Waals surface area contributed by atoms with Crippen LogP contribution in [0.4, 0.5) is 23.2 Å². The molecule has 1 aromatic carbocycles. The highest BCUT2D eigenvalue weighted by molar-refractivity contribution is 5.94. The minimum atomic E-state index is -4.61. The number of nitrogens with two attached hydrogens (primary N) is 1. The third kappa shape index (κ3) is 1.77. The van der Waals surface area contributed by atoms with Crippen molar-refractivity contribution in [3.05, 3.63) is 34.8 Å². The van der Waals surface area contributed by atoms with E-state index in [1.807, 2.05) is 0 Å². The summed E-state index contributed by atoms with van der Waals surface area (Å²) in [6.45, 7) is 2.63. The van der Waals surface area contributed by atoms with Crippen LogP contribution in [-0.4, -0.2) is 4.98 Å². The van der Waals surface area contributed by atoms with Crippen LogP contribution in [0.3, 0.4) is 0 Å². The average molecular weight is 258 g/mol. The number of hydrogen-bond donors (Lipinski definition) is 1. The van der Waals surface area contributed by atoms with Crippen LogP contribution in [0.25, 0.3) is 10.9 Å². The largest absolute Gasteiger partial charge is 0.433 e. The third-order valence-corrected chi connectivity index (χ3v) is 2.91. The monoisotopic (exact) mass is 258 g/mol. The summed E-state index contributed by atoms with van der Waals surface area (Å²) in [7, 11) is 0. The second-order valence-corrected chi connectivity index (χ2v) is 4.07. The number of benzene rings is 1. The lowest BCUT2D eigenvalue weighted by atomic mass is 10.0. The van der Waals surface area contributed by atoms with Crippen molar-refractivity contribution < 1.29 is 17.6 Å². The van der Waals surface area contributed by atoms with Crippen molar-refractivity contribution in [3.63, 3.8) is 0 Å². The molecule has 2 N–H and O–H groups in total. The highest BCUT2D eigenvalue weighted by atomic mass is 19.4. The number of nitrogens with zero attached hydrogens (tertiary/aromatic N) is 1. The summed E-state index contributed by atoms with van der Waals surface area (Å²) in [6.07, 6.45) is -4.61. The van der Waals surface area contributed by atoms with Gasteiger partial charge in [0, 0.05) is 22.2 Å². The highest BCUT2D eigenvalue weighted by Crippen LogP contribution is 2.36. The van der Waals surface area contributed by atoms with Crippen LogP contribution in [0.1, 0.15) is 16.8 Å². The van der Waals surface area contributed by atoms with Gasteiger partial charge in [-0.15, -0.1) is 0 Å². The van der Waals surface area contributed by atoms with Crippen LogP contribution in [-0.2, 0) is 6.18 Å². The lowest BCUT2D eigenvalue weighted by molar-refractivity contribution is -0.141. The average Bonchev–Trinajstić information content (AvgIpc) is 2.26. The van der Waals surface area contributed by atoms with E-state index in [4.69, 9.17) is 5.73 Å². The molecule has 96 valence electrons. The first-order chi connectivity index (χ1) is 8.23. The number of aromatic nitrogens is 1. The predicted octanol–water partition coefficient (Wildman–Crippen LogP) is 3.59. The van der Waals surface area contributed by atoms with Crippen LogP contribution >= 0.6 is 0 Å². The standard InChI is InChI=1S/C12H10F4N2/c1-5-8(13)4-3-7-9(17)6(2)11(12(14,15)16)18-10(5)7/h3-4H,1-2H3,(H2,17,18).